The molecule has 0 aliphatic heterocycles. The van der Waals surface area contributed by atoms with Gasteiger partial charge in [0, 0.05) is 23.7 Å². The predicted octanol–water partition coefficient (Wildman–Crippen LogP) is 2.00. The van der Waals surface area contributed by atoms with Crippen LogP contribution in [-0.2, 0) is 0 Å². The van der Waals surface area contributed by atoms with Crippen LogP contribution in [0.2, 0.25) is 0 Å². The number of benzene rings is 1. The van der Waals surface area contributed by atoms with Crippen molar-refractivity contribution in [1.29, 1.82) is 0 Å². The highest BCUT2D eigenvalue weighted by atomic mass is 16.4. The third-order valence-electron chi connectivity index (χ3n) is 2.53. The lowest BCUT2D eigenvalue weighted by Crippen LogP contribution is -2.18. The molecule has 0 unspecified atom stereocenters. The highest BCUT2D eigenvalue weighted by molar-refractivity contribution is 5.94. The summed E-state index contributed by atoms with van der Waals surface area (Å²) in [5.74, 6) is -2.02. The first-order chi connectivity index (χ1) is 11.3. The molecule has 0 radical (unpaired) electrons. The number of aromatic carboxylic acids is 1. The smallest absolute Gasteiger partial charge is 0.339 e. The molecule has 0 aliphatic carbocycles. The fourth-order valence-electron chi connectivity index (χ4n) is 1.43. The number of pyridine rings is 1. The standard InChI is InChI=1S/C9H11N3O.C7H6O4/c1-7(2)11-12-9(13)8-3-5-10-6-4-8;8-4-1-2-6(9)5(3-4)7(10)11/h3-6H,1-2H3,(H,12,13);1-3,8-9H,(H,10,11). The van der Waals surface area contributed by atoms with Crippen LogP contribution in [0.4, 0.5) is 0 Å². The van der Waals surface area contributed by atoms with Crippen LogP contribution in [0.25, 0.3) is 0 Å². The number of aromatic hydroxyl groups is 2. The van der Waals surface area contributed by atoms with Crippen LogP contribution in [0.1, 0.15) is 34.6 Å². The summed E-state index contributed by atoms with van der Waals surface area (Å²) >= 11 is 0. The summed E-state index contributed by atoms with van der Waals surface area (Å²) in [6, 6.07) is 6.59. The third kappa shape index (κ3) is 6.14. The number of hydrogen-bond donors (Lipinski definition) is 4. The van der Waals surface area contributed by atoms with Gasteiger partial charge < -0.3 is 15.3 Å². The summed E-state index contributed by atoms with van der Waals surface area (Å²) in [5.41, 5.74) is 3.48. The van der Waals surface area contributed by atoms with Gasteiger partial charge in [0.05, 0.1) is 0 Å². The van der Waals surface area contributed by atoms with Gasteiger partial charge in [-0.05, 0) is 44.2 Å². The molecule has 1 aromatic heterocycles. The van der Waals surface area contributed by atoms with Crippen LogP contribution in [0, 0.1) is 0 Å². The Morgan fingerprint density at radius 2 is 1.71 bits per heavy atom. The fraction of sp³-hybridized carbons (Fsp3) is 0.125. The molecule has 1 aromatic carbocycles. The van der Waals surface area contributed by atoms with Crippen molar-refractivity contribution in [2.45, 2.75) is 13.8 Å². The lowest BCUT2D eigenvalue weighted by molar-refractivity contribution is 0.0693. The molecule has 0 atom stereocenters. The number of carboxylic acids is 1. The van der Waals surface area contributed by atoms with Crippen molar-refractivity contribution in [2.75, 3.05) is 0 Å². The molecule has 1 heterocycles. The molecular weight excluding hydrogens is 314 g/mol. The molecule has 0 spiro atoms. The van der Waals surface area contributed by atoms with Gasteiger partial charge in [-0.2, -0.15) is 5.10 Å². The predicted molar refractivity (Wildman–Crippen MR) is 87.2 cm³/mol. The summed E-state index contributed by atoms with van der Waals surface area (Å²) in [7, 11) is 0. The highest BCUT2D eigenvalue weighted by Gasteiger charge is 2.08. The molecule has 2 aromatic rings. The van der Waals surface area contributed by atoms with Gasteiger partial charge in [0.15, 0.2) is 0 Å². The van der Waals surface area contributed by atoms with E-state index < -0.39 is 5.97 Å². The molecule has 0 fully saturated rings. The fourth-order valence-corrected chi connectivity index (χ4v) is 1.43. The number of aromatic nitrogens is 1. The zero-order chi connectivity index (χ0) is 18.1. The molecule has 126 valence electrons. The highest BCUT2D eigenvalue weighted by Crippen LogP contribution is 2.21. The number of carboxylic acid groups (broad SMARTS) is 1. The number of carbonyl (C=O) groups is 2. The molecule has 8 heteroatoms. The first-order valence-corrected chi connectivity index (χ1v) is 6.77. The Balaban J connectivity index is 0.000000243. The number of hydrogen-bond acceptors (Lipinski definition) is 6. The van der Waals surface area contributed by atoms with Gasteiger partial charge in [-0.25, -0.2) is 10.2 Å². The summed E-state index contributed by atoms with van der Waals surface area (Å²) in [6.07, 6.45) is 3.13. The van der Waals surface area contributed by atoms with E-state index in [1.54, 1.807) is 24.5 Å². The summed E-state index contributed by atoms with van der Waals surface area (Å²) in [4.78, 5) is 25.4. The monoisotopic (exact) mass is 331 g/mol. The molecule has 2 rings (SSSR count). The van der Waals surface area contributed by atoms with Crippen LogP contribution in [-0.4, -0.2) is 37.9 Å². The van der Waals surface area contributed by atoms with Gasteiger partial charge >= 0.3 is 5.97 Å². The Labute approximate surface area is 138 Å². The van der Waals surface area contributed by atoms with Gasteiger partial charge in [-0.1, -0.05) is 0 Å². The molecule has 0 bridgehead atoms. The maximum Gasteiger partial charge on any atom is 0.339 e. The minimum atomic E-state index is -1.27. The van der Waals surface area contributed by atoms with E-state index in [1.807, 2.05) is 13.8 Å². The largest absolute Gasteiger partial charge is 0.508 e. The van der Waals surface area contributed by atoms with E-state index in [9.17, 15) is 9.59 Å². The number of nitrogens with zero attached hydrogens (tertiary/aromatic N) is 2. The van der Waals surface area contributed by atoms with Crippen LogP contribution >= 0.6 is 0 Å². The van der Waals surface area contributed by atoms with Gasteiger partial charge in [0.1, 0.15) is 17.1 Å². The summed E-state index contributed by atoms with van der Waals surface area (Å²) < 4.78 is 0. The van der Waals surface area contributed by atoms with Crippen LogP contribution in [0.5, 0.6) is 11.5 Å². The van der Waals surface area contributed by atoms with Crippen molar-refractivity contribution < 1.29 is 24.9 Å². The quantitative estimate of drug-likeness (QED) is 0.386. The van der Waals surface area contributed by atoms with Crippen molar-refractivity contribution in [2.24, 2.45) is 5.10 Å². The van der Waals surface area contributed by atoms with E-state index in [1.165, 1.54) is 6.07 Å². The Morgan fingerprint density at radius 1 is 1.08 bits per heavy atom. The molecule has 24 heavy (non-hydrogen) atoms. The molecule has 4 N–H and O–H groups in total. The normalized spacial score (nSPS) is 9.25. The summed E-state index contributed by atoms with van der Waals surface area (Å²) in [5, 5.41) is 29.9. The third-order valence-corrected chi connectivity index (χ3v) is 2.53. The van der Waals surface area contributed by atoms with Crippen molar-refractivity contribution >= 4 is 17.6 Å². The van der Waals surface area contributed by atoms with Crippen molar-refractivity contribution in [3.8, 4) is 11.5 Å². The SMILES string of the molecule is CC(C)=NNC(=O)c1ccncc1.O=C(O)c1cc(O)ccc1O. The van der Waals surface area contributed by atoms with Gasteiger partial charge in [0.2, 0.25) is 0 Å². The molecule has 1 amide bonds. The van der Waals surface area contributed by atoms with Crippen molar-refractivity contribution in [1.82, 2.24) is 10.4 Å². The number of phenols is 2. The first-order valence-electron chi connectivity index (χ1n) is 6.77. The van der Waals surface area contributed by atoms with E-state index in [-0.39, 0.29) is 23.0 Å². The molecule has 8 nitrogen and oxygen atoms in total. The maximum atomic E-state index is 11.3. The molecule has 0 saturated carbocycles. The second-order valence-electron chi connectivity index (χ2n) is 4.74. The summed E-state index contributed by atoms with van der Waals surface area (Å²) in [6.45, 7) is 3.62. The Hall–Kier alpha value is -3.42. The minimum Gasteiger partial charge on any atom is -0.508 e. The molecular formula is C16H17N3O5. The zero-order valence-electron chi connectivity index (χ0n) is 13.1. The number of amides is 1. The van der Waals surface area contributed by atoms with Crippen LogP contribution in [0.15, 0.2) is 47.8 Å². The Morgan fingerprint density at radius 3 is 2.21 bits per heavy atom. The number of nitrogens with one attached hydrogen (secondary N) is 1. The average Bonchev–Trinajstić information content (AvgIpc) is 2.56. The maximum absolute atomic E-state index is 11.3. The average molecular weight is 331 g/mol. The first kappa shape index (κ1) is 18.6. The number of hydrazone groups is 1. The van der Waals surface area contributed by atoms with Gasteiger partial charge in [-0.15, -0.1) is 0 Å². The second-order valence-corrected chi connectivity index (χ2v) is 4.74. The Kier molecular flexibility index (Phi) is 6.90. The number of phenolic OH excluding ortho intramolecular Hbond substituents is 1. The molecule has 0 saturated heterocycles. The van der Waals surface area contributed by atoms with E-state index in [4.69, 9.17) is 15.3 Å². The number of carbonyl (C=O) groups excluding carboxylic acids is 1. The van der Waals surface area contributed by atoms with E-state index in [0.29, 0.717) is 5.56 Å². The van der Waals surface area contributed by atoms with E-state index in [0.717, 1.165) is 17.8 Å². The Bertz CT molecular complexity index is 741. The molecule has 0 aliphatic rings. The van der Waals surface area contributed by atoms with E-state index in [2.05, 4.69) is 15.5 Å². The van der Waals surface area contributed by atoms with Crippen molar-refractivity contribution in [3.63, 3.8) is 0 Å². The van der Waals surface area contributed by atoms with E-state index >= 15 is 0 Å². The van der Waals surface area contributed by atoms with Crippen LogP contribution in [0.3, 0.4) is 0 Å². The number of rotatable bonds is 3. The van der Waals surface area contributed by atoms with Crippen molar-refractivity contribution in [3.05, 3.63) is 53.9 Å². The van der Waals surface area contributed by atoms with Gasteiger partial charge in [0.25, 0.3) is 5.91 Å². The van der Waals surface area contributed by atoms with Crippen LogP contribution < -0.4 is 5.43 Å². The zero-order valence-corrected chi connectivity index (χ0v) is 13.1. The minimum absolute atomic E-state index is 0.180. The van der Waals surface area contributed by atoms with Gasteiger partial charge in [-0.3, -0.25) is 9.78 Å². The lowest BCUT2D eigenvalue weighted by Gasteiger charge is -1.98. The topological polar surface area (TPSA) is 132 Å². The lowest BCUT2D eigenvalue weighted by atomic mass is 10.2. The second kappa shape index (κ2) is 8.89.